The van der Waals surface area contributed by atoms with Gasteiger partial charge in [0.1, 0.15) is 18.5 Å². The van der Waals surface area contributed by atoms with Gasteiger partial charge < -0.3 is 0 Å². The summed E-state index contributed by atoms with van der Waals surface area (Å²) in [5.41, 5.74) is 5.29. The van der Waals surface area contributed by atoms with Crippen LogP contribution in [0.25, 0.3) is 27.8 Å². The van der Waals surface area contributed by atoms with Crippen LogP contribution in [-0.4, -0.2) is 19.5 Å². The monoisotopic (exact) mass is 308 g/mol. The third-order valence-electron chi connectivity index (χ3n) is 3.97. The van der Waals surface area contributed by atoms with Crippen LogP contribution in [0.15, 0.2) is 43.0 Å². The van der Waals surface area contributed by atoms with E-state index in [2.05, 4.69) is 40.9 Å². The Morgan fingerprint density at radius 3 is 2.59 bits per heavy atom. The molecule has 22 heavy (non-hydrogen) atoms. The van der Waals surface area contributed by atoms with E-state index in [4.69, 9.17) is 11.6 Å². The smallest absolute Gasteiger partial charge is 0.149 e. The fourth-order valence-electron chi connectivity index (χ4n) is 2.64. The van der Waals surface area contributed by atoms with Gasteiger partial charge in [0, 0.05) is 10.4 Å². The van der Waals surface area contributed by atoms with E-state index in [1.165, 1.54) is 11.1 Å². The van der Waals surface area contributed by atoms with Gasteiger partial charge in [-0.3, -0.25) is 4.57 Å². The summed E-state index contributed by atoms with van der Waals surface area (Å²) in [6.07, 6.45) is 3.36. The van der Waals surface area contributed by atoms with E-state index >= 15 is 0 Å². The molecule has 0 N–H and O–H groups in total. The van der Waals surface area contributed by atoms with Gasteiger partial charge in [-0.05, 0) is 55.3 Å². The first-order chi connectivity index (χ1) is 10.6. The number of hydrogen-bond acceptors (Lipinski definition) is 3. The maximum atomic E-state index is 6.05. The van der Waals surface area contributed by atoms with E-state index in [9.17, 15) is 0 Å². The first-order valence-corrected chi connectivity index (χ1v) is 7.36. The summed E-state index contributed by atoms with van der Waals surface area (Å²) in [5.74, 6) is 0.812. The molecule has 0 bridgehead atoms. The number of halogens is 1. The minimum Gasteiger partial charge on any atom is -0.282 e. The molecule has 0 amide bonds. The van der Waals surface area contributed by atoms with Gasteiger partial charge in [0.2, 0.25) is 0 Å². The van der Waals surface area contributed by atoms with E-state index in [0.29, 0.717) is 5.02 Å². The van der Waals surface area contributed by atoms with Gasteiger partial charge in [0.15, 0.2) is 0 Å². The van der Waals surface area contributed by atoms with Gasteiger partial charge in [-0.15, -0.1) is 0 Å². The number of rotatable bonds is 1. The Bertz CT molecular complexity index is 1020. The third kappa shape index (κ3) is 1.96. The Morgan fingerprint density at radius 1 is 0.909 bits per heavy atom. The van der Waals surface area contributed by atoms with Crippen molar-refractivity contribution in [2.45, 2.75) is 13.8 Å². The molecule has 0 aliphatic rings. The Balaban J connectivity index is 2.05. The number of benzene rings is 2. The number of nitrogens with zero attached hydrogens (tertiary/aromatic N) is 4. The van der Waals surface area contributed by atoms with Gasteiger partial charge >= 0.3 is 0 Å². The molecular weight excluding hydrogens is 296 g/mol. The summed E-state index contributed by atoms with van der Waals surface area (Å²) in [4.78, 5) is 13.2. The summed E-state index contributed by atoms with van der Waals surface area (Å²) in [6, 6.07) is 9.88. The van der Waals surface area contributed by atoms with Gasteiger partial charge in [-0.1, -0.05) is 11.6 Å². The molecule has 0 fully saturated rings. The lowest BCUT2D eigenvalue weighted by Crippen LogP contribution is -1.98. The molecule has 0 aliphatic carbocycles. The lowest BCUT2D eigenvalue weighted by molar-refractivity contribution is 1.02. The topological polar surface area (TPSA) is 43.6 Å². The molecule has 0 aliphatic heterocycles. The lowest BCUT2D eigenvalue weighted by atomic mass is 10.1. The predicted octanol–water partition coefficient (Wildman–Crippen LogP) is 4.24. The maximum absolute atomic E-state index is 6.05. The van der Waals surface area contributed by atoms with Crippen molar-refractivity contribution in [3.63, 3.8) is 0 Å². The molecule has 5 heteroatoms. The van der Waals surface area contributed by atoms with Crippen LogP contribution in [0.3, 0.4) is 0 Å². The van der Waals surface area contributed by atoms with Crippen LogP contribution >= 0.6 is 11.6 Å². The number of imidazole rings is 1. The highest BCUT2D eigenvalue weighted by atomic mass is 35.5. The summed E-state index contributed by atoms with van der Waals surface area (Å²) >= 11 is 6.05. The molecule has 0 unspecified atom stereocenters. The standard InChI is InChI=1S/C17H13ClN4/c1-10-5-15-16(6-11(10)2)22(9-21-15)17-13-4-3-12(18)7-14(13)19-8-20-17/h3-9H,1-2H3. The summed E-state index contributed by atoms with van der Waals surface area (Å²) in [6.45, 7) is 4.19. The molecular formula is C17H13ClN4. The zero-order chi connectivity index (χ0) is 15.3. The summed E-state index contributed by atoms with van der Waals surface area (Å²) < 4.78 is 2.00. The quantitative estimate of drug-likeness (QED) is 0.528. The van der Waals surface area contributed by atoms with Crippen molar-refractivity contribution in [1.29, 1.82) is 0 Å². The average molecular weight is 309 g/mol. The van der Waals surface area contributed by atoms with Crippen LogP contribution in [0.2, 0.25) is 5.02 Å². The van der Waals surface area contributed by atoms with Crippen molar-refractivity contribution in [1.82, 2.24) is 19.5 Å². The Labute approximate surface area is 132 Å². The number of aryl methyl sites for hydroxylation is 2. The molecule has 0 saturated heterocycles. The average Bonchev–Trinajstić information content (AvgIpc) is 2.89. The van der Waals surface area contributed by atoms with Gasteiger partial charge in [0.05, 0.1) is 16.6 Å². The van der Waals surface area contributed by atoms with Crippen LogP contribution in [0.5, 0.6) is 0 Å². The molecule has 0 radical (unpaired) electrons. The second kappa shape index (κ2) is 4.78. The van der Waals surface area contributed by atoms with Crippen LogP contribution in [0.1, 0.15) is 11.1 Å². The number of aromatic nitrogens is 4. The molecule has 0 atom stereocenters. The van der Waals surface area contributed by atoms with E-state index in [-0.39, 0.29) is 0 Å². The maximum Gasteiger partial charge on any atom is 0.149 e. The first kappa shape index (κ1) is 13.2. The SMILES string of the molecule is Cc1cc2ncn(-c3ncnc4cc(Cl)ccc34)c2cc1C. The Morgan fingerprint density at radius 2 is 1.73 bits per heavy atom. The highest BCUT2D eigenvalue weighted by Gasteiger charge is 2.11. The Hall–Kier alpha value is -2.46. The molecule has 2 heterocycles. The van der Waals surface area contributed by atoms with Crippen LogP contribution in [0.4, 0.5) is 0 Å². The molecule has 2 aromatic heterocycles. The van der Waals surface area contributed by atoms with Gasteiger partial charge in [0.25, 0.3) is 0 Å². The van der Waals surface area contributed by atoms with E-state index in [1.54, 1.807) is 12.7 Å². The van der Waals surface area contributed by atoms with Gasteiger partial charge in [-0.2, -0.15) is 0 Å². The highest BCUT2D eigenvalue weighted by Crippen LogP contribution is 2.26. The van der Waals surface area contributed by atoms with Crippen molar-refractivity contribution in [2.75, 3.05) is 0 Å². The molecule has 0 spiro atoms. The minimum absolute atomic E-state index is 0.666. The molecule has 108 valence electrons. The van der Waals surface area contributed by atoms with Crippen molar-refractivity contribution in [3.05, 3.63) is 59.1 Å². The number of fused-ring (bicyclic) bond motifs is 2. The molecule has 0 saturated carbocycles. The molecule has 4 nitrogen and oxygen atoms in total. The van der Waals surface area contributed by atoms with Crippen molar-refractivity contribution in [2.24, 2.45) is 0 Å². The fraction of sp³-hybridized carbons (Fsp3) is 0.118. The van der Waals surface area contributed by atoms with Crippen LogP contribution in [0, 0.1) is 13.8 Å². The first-order valence-electron chi connectivity index (χ1n) is 6.98. The highest BCUT2D eigenvalue weighted by molar-refractivity contribution is 6.31. The fourth-order valence-corrected chi connectivity index (χ4v) is 2.81. The van der Waals surface area contributed by atoms with Crippen LogP contribution in [-0.2, 0) is 0 Å². The van der Waals surface area contributed by atoms with Crippen molar-refractivity contribution in [3.8, 4) is 5.82 Å². The normalized spacial score (nSPS) is 11.4. The largest absolute Gasteiger partial charge is 0.282 e. The number of hydrogen-bond donors (Lipinski definition) is 0. The zero-order valence-electron chi connectivity index (χ0n) is 12.2. The second-order valence-electron chi connectivity index (χ2n) is 5.40. The van der Waals surface area contributed by atoms with E-state index < -0.39 is 0 Å². The lowest BCUT2D eigenvalue weighted by Gasteiger charge is -2.08. The Kier molecular flexibility index (Phi) is 2.87. The molecule has 2 aromatic carbocycles. The zero-order valence-corrected chi connectivity index (χ0v) is 13.0. The second-order valence-corrected chi connectivity index (χ2v) is 5.83. The third-order valence-corrected chi connectivity index (χ3v) is 4.20. The van der Waals surface area contributed by atoms with E-state index in [1.807, 2.05) is 22.8 Å². The van der Waals surface area contributed by atoms with Crippen molar-refractivity contribution >= 4 is 33.5 Å². The minimum atomic E-state index is 0.666. The summed E-state index contributed by atoms with van der Waals surface area (Å²) in [5, 5.41) is 1.61. The predicted molar refractivity (Wildman–Crippen MR) is 88.7 cm³/mol. The van der Waals surface area contributed by atoms with Crippen LogP contribution < -0.4 is 0 Å². The summed E-state index contributed by atoms with van der Waals surface area (Å²) in [7, 11) is 0. The van der Waals surface area contributed by atoms with Crippen molar-refractivity contribution < 1.29 is 0 Å². The molecule has 4 aromatic rings. The van der Waals surface area contributed by atoms with Gasteiger partial charge in [-0.25, -0.2) is 15.0 Å². The van der Waals surface area contributed by atoms with E-state index in [0.717, 1.165) is 27.8 Å². The molecule has 4 rings (SSSR count).